The van der Waals surface area contributed by atoms with Gasteiger partial charge in [-0.05, 0) is 96.6 Å². The van der Waals surface area contributed by atoms with Crippen molar-refractivity contribution in [3.63, 3.8) is 0 Å². The summed E-state index contributed by atoms with van der Waals surface area (Å²) in [5.74, 6) is 3.76. The van der Waals surface area contributed by atoms with Crippen LogP contribution < -0.4 is 4.74 Å². The lowest BCUT2D eigenvalue weighted by atomic mass is 9.42. The maximum atomic E-state index is 11.0. The number of methoxy groups -OCH3 is 1. The van der Waals surface area contributed by atoms with Crippen LogP contribution in [0.25, 0.3) is 0 Å². The van der Waals surface area contributed by atoms with Crippen LogP contribution in [-0.2, 0) is 9.47 Å². The number of ether oxygens (including phenoxy) is 3. The van der Waals surface area contributed by atoms with E-state index >= 15 is 0 Å². The van der Waals surface area contributed by atoms with Crippen molar-refractivity contribution in [1.29, 1.82) is 0 Å². The Morgan fingerprint density at radius 3 is 2.34 bits per heavy atom. The quantitative estimate of drug-likeness (QED) is 0.656. The number of benzene rings is 1. The summed E-state index contributed by atoms with van der Waals surface area (Å²) >= 11 is 0. The van der Waals surface area contributed by atoms with E-state index in [2.05, 4.69) is 38.1 Å². The van der Waals surface area contributed by atoms with Gasteiger partial charge in [-0.25, -0.2) is 0 Å². The van der Waals surface area contributed by atoms with E-state index in [0.29, 0.717) is 29.1 Å². The monoisotopic (exact) mass is 440 g/mol. The van der Waals surface area contributed by atoms with E-state index in [1.54, 1.807) is 7.11 Å². The van der Waals surface area contributed by atoms with E-state index in [4.69, 9.17) is 14.2 Å². The molecule has 5 aliphatic rings. The third kappa shape index (κ3) is 2.98. The summed E-state index contributed by atoms with van der Waals surface area (Å²) in [5.41, 5.74) is 1.90. The fourth-order valence-corrected chi connectivity index (χ4v) is 9.15. The first kappa shape index (κ1) is 21.4. The van der Waals surface area contributed by atoms with Crippen molar-refractivity contribution in [1.82, 2.24) is 0 Å². The molecule has 4 aliphatic carbocycles. The second-order valence-corrected chi connectivity index (χ2v) is 12.1. The standard InChI is InChI=1S/C28H40O4/c1-26-12-13-28(31-14-15-32-28)17-19(26)16-21(18-4-6-20(30-3)7-5-18)25-22-8-9-24(29)27(22,2)11-10-23(25)26/h4-7,19,21-25,29H,8-17H2,1-3H3/t19?,21?,22?,23?,24-,25?,26-,27-/m0/s1. The lowest BCUT2D eigenvalue weighted by Crippen LogP contribution is -2.58. The highest BCUT2D eigenvalue weighted by Crippen LogP contribution is 2.70. The molecular weight excluding hydrogens is 400 g/mol. The summed E-state index contributed by atoms with van der Waals surface area (Å²) in [4.78, 5) is 0. The third-order valence-electron chi connectivity index (χ3n) is 11.0. The fourth-order valence-electron chi connectivity index (χ4n) is 9.15. The Morgan fingerprint density at radius 2 is 1.62 bits per heavy atom. The normalized spacial score (nSPS) is 47.0. The molecule has 1 aliphatic heterocycles. The van der Waals surface area contributed by atoms with Crippen LogP contribution in [0, 0.1) is 34.5 Å². The molecule has 5 unspecified atom stereocenters. The van der Waals surface area contributed by atoms with Crippen LogP contribution in [0.5, 0.6) is 5.75 Å². The van der Waals surface area contributed by atoms with Crippen LogP contribution in [0.15, 0.2) is 24.3 Å². The summed E-state index contributed by atoms with van der Waals surface area (Å²) in [6, 6.07) is 8.88. The second-order valence-electron chi connectivity index (χ2n) is 12.1. The van der Waals surface area contributed by atoms with Crippen LogP contribution in [0.4, 0.5) is 0 Å². The fraction of sp³-hybridized carbons (Fsp3) is 0.786. The van der Waals surface area contributed by atoms with Crippen molar-refractivity contribution in [3.05, 3.63) is 29.8 Å². The Labute approximate surface area is 193 Å². The smallest absolute Gasteiger partial charge is 0.168 e. The van der Waals surface area contributed by atoms with Gasteiger partial charge in [-0.1, -0.05) is 26.0 Å². The molecule has 1 heterocycles. The van der Waals surface area contributed by atoms with Crippen molar-refractivity contribution >= 4 is 0 Å². The van der Waals surface area contributed by atoms with Crippen LogP contribution >= 0.6 is 0 Å². The van der Waals surface area contributed by atoms with Crippen LogP contribution in [0.3, 0.4) is 0 Å². The highest BCUT2D eigenvalue weighted by Gasteiger charge is 2.64. The SMILES string of the molecule is COc1ccc(C2CC3CC4(CC[C@]3(C)C3CC[C@@]5(C)C(CC[C@@H]5O)C23)OCCO4)cc1. The number of fused-ring (bicyclic) bond motifs is 5. The predicted molar refractivity (Wildman–Crippen MR) is 123 cm³/mol. The molecule has 0 bridgehead atoms. The van der Waals surface area contributed by atoms with Crippen LogP contribution in [0.2, 0.25) is 0 Å². The van der Waals surface area contributed by atoms with Crippen molar-refractivity contribution < 1.29 is 19.3 Å². The summed E-state index contributed by atoms with van der Waals surface area (Å²) in [6.45, 7) is 6.47. The molecule has 0 aromatic heterocycles. The van der Waals surface area contributed by atoms with E-state index in [9.17, 15) is 5.11 Å². The van der Waals surface area contributed by atoms with E-state index < -0.39 is 0 Å². The van der Waals surface area contributed by atoms with E-state index in [1.165, 1.54) is 37.7 Å². The molecule has 5 fully saturated rings. The highest BCUT2D eigenvalue weighted by molar-refractivity contribution is 5.32. The minimum atomic E-state index is -0.325. The Bertz CT molecular complexity index is 845. The number of hydrogen-bond acceptors (Lipinski definition) is 4. The summed E-state index contributed by atoms with van der Waals surface area (Å²) in [6.07, 6.45) is 8.96. The van der Waals surface area contributed by atoms with E-state index in [1.807, 2.05) is 0 Å². The van der Waals surface area contributed by atoms with Gasteiger partial charge in [0.2, 0.25) is 0 Å². The lowest BCUT2D eigenvalue weighted by Gasteiger charge is -2.64. The van der Waals surface area contributed by atoms with Gasteiger partial charge < -0.3 is 19.3 Å². The molecule has 1 N–H and O–H groups in total. The van der Waals surface area contributed by atoms with Gasteiger partial charge in [0.25, 0.3) is 0 Å². The molecular formula is C28H40O4. The van der Waals surface area contributed by atoms with Crippen molar-refractivity contribution in [2.24, 2.45) is 34.5 Å². The maximum Gasteiger partial charge on any atom is 0.168 e. The Kier molecular flexibility index (Phi) is 4.99. The third-order valence-corrected chi connectivity index (χ3v) is 11.0. The van der Waals surface area contributed by atoms with Gasteiger partial charge in [-0.15, -0.1) is 0 Å². The predicted octanol–water partition coefficient (Wildman–Crippen LogP) is 5.54. The van der Waals surface area contributed by atoms with E-state index in [0.717, 1.165) is 44.1 Å². The number of aliphatic hydroxyl groups excluding tert-OH is 1. The van der Waals surface area contributed by atoms with Crippen molar-refractivity contribution in [2.45, 2.75) is 83.0 Å². The zero-order chi connectivity index (χ0) is 22.1. The first-order chi connectivity index (χ1) is 15.4. The largest absolute Gasteiger partial charge is 0.497 e. The summed E-state index contributed by atoms with van der Waals surface area (Å²) in [7, 11) is 1.74. The Hall–Kier alpha value is -1.10. The minimum Gasteiger partial charge on any atom is -0.497 e. The zero-order valence-corrected chi connectivity index (χ0v) is 20.0. The van der Waals surface area contributed by atoms with Crippen LogP contribution in [0.1, 0.15) is 76.7 Å². The minimum absolute atomic E-state index is 0.0860. The molecule has 4 heteroatoms. The summed E-state index contributed by atoms with van der Waals surface area (Å²) < 4.78 is 17.9. The van der Waals surface area contributed by atoms with E-state index in [-0.39, 0.29) is 17.3 Å². The molecule has 1 spiro atoms. The first-order valence-corrected chi connectivity index (χ1v) is 13.0. The van der Waals surface area contributed by atoms with Crippen LogP contribution in [-0.4, -0.2) is 37.3 Å². The topological polar surface area (TPSA) is 47.9 Å². The molecule has 4 saturated carbocycles. The highest BCUT2D eigenvalue weighted by atomic mass is 16.7. The molecule has 0 radical (unpaired) electrons. The molecule has 176 valence electrons. The zero-order valence-electron chi connectivity index (χ0n) is 20.0. The van der Waals surface area contributed by atoms with Gasteiger partial charge in [-0.2, -0.15) is 0 Å². The molecule has 1 aromatic carbocycles. The Balaban J connectivity index is 1.40. The van der Waals surface area contributed by atoms with Gasteiger partial charge in [0, 0.05) is 12.8 Å². The van der Waals surface area contributed by atoms with Gasteiger partial charge in [0.15, 0.2) is 5.79 Å². The lowest BCUT2D eigenvalue weighted by molar-refractivity contribution is -0.232. The summed E-state index contributed by atoms with van der Waals surface area (Å²) in [5, 5.41) is 11.0. The van der Waals surface area contributed by atoms with Crippen molar-refractivity contribution in [3.8, 4) is 5.75 Å². The Morgan fingerprint density at radius 1 is 0.906 bits per heavy atom. The maximum absolute atomic E-state index is 11.0. The van der Waals surface area contributed by atoms with Gasteiger partial charge in [-0.3, -0.25) is 0 Å². The molecule has 32 heavy (non-hydrogen) atoms. The molecule has 6 rings (SSSR count). The average Bonchev–Trinajstić information content (AvgIpc) is 3.38. The molecule has 1 aromatic rings. The van der Waals surface area contributed by atoms with Gasteiger partial charge >= 0.3 is 0 Å². The molecule has 0 amide bonds. The first-order valence-electron chi connectivity index (χ1n) is 13.0. The molecule has 4 nitrogen and oxygen atoms in total. The second kappa shape index (κ2) is 7.45. The van der Waals surface area contributed by atoms with Gasteiger partial charge in [0.05, 0.1) is 26.4 Å². The number of aliphatic hydroxyl groups is 1. The van der Waals surface area contributed by atoms with Crippen molar-refractivity contribution in [2.75, 3.05) is 20.3 Å². The van der Waals surface area contributed by atoms with Gasteiger partial charge in [0.1, 0.15) is 5.75 Å². The average molecular weight is 441 g/mol. The molecule has 1 saturated heterocycles. The molecule has 8 atom stereocenters. The number of rotatable bonds is 2. The number of hydrogen-bond donors (Lipinski definition) is 1.